The third kappa shape index (κ3) is 3.73. The highest BCUT2D eigenvalue weighted by molar-refractivity contribution is 5.46. The van der Waals surface area contributed by atoms with E-state index >= 15 is 0 Å². The van der Waals surface area contributed by atoms with Gasteiger partial charge in [-0.2, -0.15) is 0 Å². The normalized spacial score (nSPS) is 10.5. The number of aromatic hydroxyl groups is 1. The van der Waals surface area contributed by atoms with Crippen molar-refractivity contribution < 1.29 is 9.50 Å². The number of hydrogen-bond acceptors (Lipinski definition) is 2. The second-order valence-electron chi connectivity index (χ2n) is 4.90. The molecule has 20 heavy (non-hydrogen) atoms. The molecule has 3 heteroatoms. The van der Waals surface area contributed by atoms with Crippen LogP contribution in [0.15, 0.2) is 48.5 Å². The first-order valence-corrected chi connectivity index (χ1v) is 6.98. The topological polar surface area (TPSA) is 23.5 Å². The van der Waals surface area contributed by atoms with Crippen molar-refractivity contribution in [1.29, 1.82) is 0 Å². The molecule has 0 atom stereocenters. The van der Waals surface area contributed by atoms with Gasteiger partial charge in [0.05, 0.1) is 0 Å². The number of halogens is 1. The third-order valence-corrected chi connectivity index (χ3v) is 3.29. The third-order valence-electron chi connectivity index (χ3n) is 3.29. The number of para-hydroxylation sites is 1. The summed E-state index contributed by atoms with van der Waals surface area (Å²) in [5, 5.41) is 9.25. The highest BCUT2D eigenvalue weighted by Crippen LogP contribution is 2.21. The molecular formula is C17H20FNO. The Hall–Kier alpha value is -2.03. The Morgan fingerprint density at radius 1 is 1.10 bits per heavy atom. The largest absolute Gasteiger partial charge is 0.505 e. The lowest BCUT2D eigenvalue weighted by Crippen LogP contribution is -2.23. The molecule has 0 spiro atoms. The first kappa shape index (κ1) is 14.4. The van der Waals surface area contributed by atoms with Gasteiger partial charge in [0.15, 0.2) is 11.6 Å². The summed E-state index contributed by atoms with van der Waals surface area (Å²) in [6.07, 6.45) is 2.21. The van der Waals surface area contributed by atoms with E-state index in [0.717, 1.165) is 30.6 Å². The summed E-state index contributed by atoms with van der Waals surface area (Å²) >= 11 is 0. The summed E-state index contributed by atoms with van der Waals surface area (Å²) in [5.74, 6) is -0.862. The second kappa shape index (κ2) is 6.94. The molecule has 2 rings (SSSR count). The van der Waals surface area contributed by atoms with Crippen LogP contribution < -0.4 is 4.90 Å². The van der Waals surface area contributed by atoms with Crippen molar-refractivity contribution in [2.75, 3.05) is 11.4 Å². The highest BCUT2D eigenvalue weighted by Gasteiger charge is 2.08. The van der Waals surface area contributed by atoms with E-state index in [0.29, 0.717) is 6.54 Å². The van der Waals surface area contributed by atoms with Gasteiger partial charge in [0.2, 0.25) is 0 Å². The number of unbranched alkanes of at least 4 members (excludes halogenated alkanes) is 1. The van der Waals surface area contributed by atoms with Crippen molar-refractivity contribution in [3.05, 3.63) is 59.9 Å². The van der Waals surface area contributed by atoms with E-state index in [9.17, 15) is 9.50 Å². The number of hydrogen-bond donors (Lipinski definition) is 1. The van der Waals surface area contributed by atoms with Crippen LogP contribution in [-0.2, 0) is 6.54 Å². The molecule has 0 aromatic heterocycles. The van der Waals surface area contributed by atoms with Gasteiger partial charge < -0.3 is 10.0 Å². The fraction of sp³-hybridized carbons (Fsp3) is 0.294. The maximum absolute atomic E-state index is 13.4. The van der Waals surface area contributed by atoms with Crippen LogP contribution >= 0.6 is 0 Å². The molecule has 0 aliphatic heterocycles. The molecule has 0 fully saturated rings. The van der Waals surface area contributed by atoms with Crippen molar-refractivity contribution in [1.82, 2.24) is 0 Å². The van der Waals surface area contributed by atoms with E-state index in [2.05, 4.69) is 24.0 Å². The fourth-order valence-electron chi connectivity index (χ4n) is 2.16. The Bertz CT molecular complexity index is 542. The van der Waals surface area contributed by atoms with Crippen molar-refractivity contribution in [3.63, 3.8) is 0 Å². The van der Waals surface area contributed by atoms with Crippen molar-refractivity contribution in [2.24, 2.45) is 0 Å². The molecule has 0 saturated heterocycles. The molecule has 2 aromatic carbocycles. The van der Waals surface area contributed by atoms with Crippen LogP contribution in [-0.4, -0.2) is 11.7 Å². The van der Waals surface area contributed by atoms with E-state index < -0.39 is 5.82 Å². The monoisotopic (exact) mass is 273 g/mol. The average Bonchev–Trinajstić information content (AvgIpc) is 2.48. The van der Waals surface area contributed by atoms with Gasteiger partial charge in [-0.25, -0.2) is 4.39 Å². The molecule has 0 aliphatic rings. The van der Waals surface area contributed by atoms with Gasteiger partial charge >= 0.3 is 0 Å². The predicted octanol–water partition coefficient (Wildman–Crippen LogP) is 4.34. The van der Waals surface area contributed by atoms with E-state index in [4.69, 9.17) is 0 Å². The van der Waals surface area contributed by atoms with Crippen LogP contribution in [0.2, 0.25) is 0 Å². The molecule has 0 amide bonds. The zero-order valence-electron chi connectivity index (χ0n) is 11.7. The quantitative estimate of drug-likeness (QED) is 0.846. The standard InChI is InChI=1S/C17H20FNO/c1-2-3-11-19(15-7-5-4-6-8-15)13-14-9-10-17(20)16(18)12-14/h4-10,12,20H,2-3,11,13H2,1H3. The number of anilines is 1. The molecule has 2 nitrogen and oxygen atoms in total. The van der Waals surface area contributed by atoms with Crippen molar-refractivity contribution >= 4 is 5.69 Å². The average molecular weight is 273 g/mol. The van der Waals surface area contributed by atoms with Crippen molar-refractivity contribution in [2.45, 2.75) is 26.3 Å². The lowest BCUT2D eigenvalue weighted by atomic mass is 10.1. The first-order valence-electron chi connectivity index (χ1n) is 6.98. The Morgan fingerprint density at radius 2 is 1.85 bits per heavy atom. The molecule has 0 unspecified atom stereocenters. The van der Waals surface area contributed by atoms with Crippen LogP contribution in [0.25, 0.3) is 0 Å². The van der Waals surface area contributed by atoms with E-state index in [1.54, 1.807) is 6.07 Å². The SMILES string of the molecule is CCCCN(Cc1ccc(O)c(F)c1)c1ccccc1. The van der Waals surface area contributed by atoms with Gasteiger partial charge in [0.25, 0.3) is 0 Å². The first-order chi connectivity index (χ1) is 9.70. The highest BCUT2D eigenvalue weighted by atomic mass is 19.1. The minimum Gasteiger partial charge on any atom is -0.505 e. The maximum Gasteiger partial charge on any atom is 0.165 e. The lowest BCUT2D eigenvalue weighted by molar-refractivity contribution is 0.431. The Labute approximate surface area is 119 Å². The summed E-state index contributed by atoms with van der Waals surface area (Å²) in [6, 6.07) is 14.7. The van der Waals surface area contributed by atoms with Gasteiger partial charge in [0.1, 0.15) is 0 Å². The van der Waals surface area contributed by atoms with Gasteiger partial charge in [0, 0.05) is 18.8 Å². The molecule has 106 valence electrons. The second-order valence-corrected chi connectivity index (χ2v) is 4.90. The van der Waals surface area contributed by atoms with Crippen LogP contribution in [0.3, 0.4) is 0 Å². The lowest BCUT2D eigenvalue weighted by Gasteiger charge is -2.25. The summed E-state index contributed by atoms with van der Waals surface area (Å²) in [7, 11) is 0. The van der Waals surface area contributed by atoms with E-state index in [-0.39, 0.29) is 5.75 Å². The molecule has 0 saturated carbocycles. The zero-order valence-corrected chi connectivity index (χ0v) is 11.7. The van der Waals surface area contributed by atoms with Gasteiger partial charge in [-0.1, -0.05) is 37.6 Å². The number of benzene rings is 2. The minimum atomic E-state index is -0.564. The molecule has 2 aromatic rings. The summed E-state index contributed by atoms with van der Waals surface area (Å²) in [6.45, 7) is 3.73. The van der Waals surface area contributed by atoms with Gasteiger partial charge in [-0.15, -0.1) is 0 Å². The van der Waals surface area contributed by atoms with Crippen LogP contribution in [0.1, 0.15) is 25.3 Å². The van der Waals surface area contributed by atoms with Crippen LogP contribution in [0.5, 0.6) is 5.75 Å². The summed E-state index contributed by atoms with van der Waals surface area (Å²) < 4.78 is 13.4. The number of nitrogens with zero attached hydrogens (tertiary/aromatic N) is 1. The van der Waals surface area contributed by atoms with E-state index in [1.807, 2.05) is 18.2 Å². The Kier molecular flexibility index (Phi) is 4.99. The zero-order chi connectivity index (χ0) is 14.4. The smallest absolute Gasteiger partial charge is 0.165 e. The number of rotatable bonds is 6. The summed E-state index contributed by atoms with van der Waals surface area (Å²) in [5.41, 5.74) is 2.00. The van der Waals surface area contributed by atoms with E-state index in [1.165, 1.54) is 12.1 Å². The predicted molar refractivity (Wildman–Crippen MR) is 80.5 cm³/mol. The molecule has 0 heterocycles. The molecule has 0 radical (unpaired) electrons. The maximum atomic E-state index is 13.4. The van der Waals surface area contributed by atoms with Crippen LogP contribution in [0.4, 0.5) is 10.1 Å². The van der Waals surface area contributed by atoms with Gasteiger partial charge in [-0.3, -0.25) is 0 Å². The van der Waals surface area contributed by atoms with Gasteiger partial charge in [-0.05, 0) is 36.2 Å². The van der Waals surface area contributed by atoms with Crippen molar-refractivity contribution in [3.8, 4) is 5.75 Å². The molecule has 1 N–H and O–H groups in total. The molecule has 0 aliphatic carbocycles. The molecular weight excluding hydrogens is 253 g/mol. The Balaban J connectivity index is 2.17. The Morgan fingerprint density at radius 3 is 2.50 bits per heavy atom. The number of phenols is 1. The minimum absolute atomic E-state index is 0.298. The number of phenolic OH excluding ortho intramolecular Hbond substituents is 1. The van der Waals surface area contributed by atoms with Crippen LogP contribution in [0, 0.1) is 5.82 Å². The molecule has 0 bridgehead atoms. The summed E-state index contributed by atoms with van der Waals surface area (Å²) in [4.78, 5) is 2.23. The fourth-order valence-corrected chi connectivity index (χ4v) is 2.16.